The lowest BCUT2D eigenvalue weighted by molar-refractivity contribution is -0.141. The third-order valence-corrected chi connectivity index (χ3v) is 3.06. The van der Waals surface area contributed by atoms with Gasteiger partial charge in [-0.15, -0.1) is 0 Å². The van der Waals surface area contributed by atoms with Crippen molar-refractivity contribution in [3.63, 3.8) is 0 Å². The average Bonchev–Trinajstić information content (AvgIpc) is 2.87. The smallest absolute Gasteiger partial charge is 0.407 e. The van der Waals surface area contributed by atoms with Crippen molar-refractivity contribution in [1.29, 1.82) is 0 Å². The highest BCUT2D eigenvalue weighted by Gasteiger charge is 2.25. The minimum absolute atomic E-state index is 0.253. The van der Waals surface area contributed by atoms with Crippen molar-refractivity contribution < 1.29 is 33.4 Å². The molecule has 10 heteroatoms. The largest absolute Gasteiger partial charge is 0.444 e. The number of nitrogens with one attached hydrogen (secondary N) is 2. The number of hydrogen-bond acceptors (Lipinski definition) is 7. The van der Waals surface area contributed by atoms with Crippen LogP contribution in [-0.4, -0.2) is 80.4 Å². The molecule has 0 aromatic carbocycles. The van der Waals surface area contributed by atoms with E-state index in [0.717, 1.165) is 17.1 Å². The van der Waals surface area contributed by atoms with Gasteiger partial charge in [-0.25, -0.2) is 4.79 Å². The fourth-order valence-electron chi connectivity index (χ4n) is 1.91. The maximum absolute atomic E-state index is 11.6. The highest BCUT2D eigenvalue weighted by Crippen LogP contribution is 2.06. The number of alkyl carbamates (subject to hydrolysis) is 1. The van der Waals surface area contributed by atoms with Crippen molar-refractivity contribution in [1.82, 2.24) is 15.5 Å². The summed E-state index contributed by atoms with van der Waals surface area (Å²) in [6.07, 6.45) is 1.76. The highest BCUT2D eigenvalue weighted by atomic mass is 16.6. The van der Waals surface area contributed by atoms with Crippen LogP contribution in [-0.2, 0) is 28.6 Å². The Morgan fingerprint density at radius 3 is 1.96 bits per heavy atom. The first-order valence-electron chi connectivity index (χ1n) is 8.61. The molecular formula is C17H27N3O7. The van der Waals surface area contributed by atoms with Crippen LogP contribution in [0.4, 0.5) is 4.79 Å². The van der Waals surface area contributed by atoms with E-state index in [9.17, 15) is 19.2 Å². The Hall–Kier alpha value is -2.46. The lowest BCUT2D eigenvalue weighted by Crippen LogP contribution is -2.41. The molecule has 0 saturated carbocycles. The Morgan fingerprint density at radius 2 is 1.44 bits per heavy atom. The maximum atomic E-state index is 11.6. The topological polar surface area (TPSA) is 123 Å². The van der Waals surface area contributed by atoms with E-state index in [1.807, 2.05) is 0 Å². The van der Waals surface area contributed by atoms with Crippen LogP contribution >= 0.6 is 0 Å². The highest BCUT2D eigenvalue weighted by molar-refractivity contribution is 6.14. The SMILES string of the molecule is CC(C)(C)OC(=O)NCCOCCOCCNC(=O)CN1C(=O)C=CC1=O. The van der Waals surface area contributed by atoms with E-state index in [2.05, 4.69) is 10.6 Å². The molecule has 0 aromatic rings. The summed E-state index contributed by atoms with van der Waals surface area (Å²) < 4.78 is 15.6. The van der Waals surface area contributed by atoms with E-state index in [0.29, 0.717) is 26.4 Å². The molecule has 0 bridgehead atoms. The van der Waals surface area contributed by atoms with Crippen LogP contribution in [0.15, 0.2) is 12.2 Å². The molecule has 0 atom stereocenters. The van der Waals surface area contributed by atoms with Crippen molar-refractivity contribution in [2.75, 3.05) is 46.1 Å². The molecule has 27 heavy (non-hydrogen) atoms. The molecule has 1 aliphatic heterocycles. The van der Waals surface area contributed by atoms with Crippen molar-refractivity contribution in [3.05, 3.63) is 12.2 Å². The first-order chi connectivity index (χ1) is 12.7. The number of rotatable bonds is 11. The Balaban J connectivity index is 1.92. The molecule has 4 amide bonds. The summed E-state index contributed by atoms with van der Waals surface area (Å²) in [6, 6.07) is 0. The van der Waals surface area contributed by atoms with Crippen LogP contribution < -0.4 is 10.6 Å². The molecule has 0 aromatic heterocycles. The van der Waals surface area contributed by atoms with E-state index in [1.54, 1.807) is 20.8 Å². The summed E-state index contributed by atoms with van der Waals surface area (Å²) in [5, 5.41) is 5.12. The van der Waals surface area contributed by atoms with E-state index in [4.69, 9.17) is 14.2 Å². The van der Waals surface area contributed by atoms with Crippen molar-refractivity contribution >= 4 is 23.8 Å². The molecular weight excluding hydrogens is 358 g/mol. The van der Waals surface area contributed by atoms with Crippen molar-refractivity contribution in [2.45, 2.75) is 26.4 Å². The fraction of sp³-hybridized carbons (Fsp3) is 0.647. The fourth-order valence-corrected chi connectivity index (χ4v) is 1.91. The summed E-state index contributed by atoms with van der Waals surface area (Å²) in [5.41, 5.74) is -0.537. The van der Waals surface area contributed by atoms with Crippen LogP contribution in [0.3, 0.4) is 0 Å². The van der Waals surface area contributed by atoms with E-state index in [1.165, 1.54) is 0 Å². The number of amides is 4. The molecule has 152 valence electrons. The predicted octanol–water partition coefficient (Wildman–Crippen LogP) is -0.414. The normalized spacial score (nSPS) is 13.8. The Morgan fingerprint density at radius 1 is 0.926 bits per heavy atom. The molecule has 2 N–H and O–H groups in total. The Labute approximate surface area is 158 Å². The van der Waals surface area contributed by atoms with E-state index in [-0.39, 0.29) is 19.7 Å². The predicted molar refractivity (Wildman–Crippen MR) is 94.7 cm³/mol. The second kappa shape index (κ2) is 11.3. The van der Waals surface area contributed by atoms with Gasteiger partial charge in [0.05, 0.1) is 26.4 Å². The third kappa shape index (κ3) is 10.3. The van der Waals surface area contributed by atoms with Crippen molar-refractivity contribution in [3.8, 4) is 0 Å². The van der Waals surface area contributed by atoms with Gasteiger partial charge in [0.1, 0.15) is 12.1 Å². The zero-order valence-corrected chi connectivity index (χ0v) is 15.9. The molecule has 1 aliphatic rings. The van der Waals surface area contributed by atoms with Crippen LogP contribution in [0.25, 0.3) is 0 Å². The van der Waals surface area contributed by atoms with Gasteiger partial charge in [0, 0.05) is 25.2 Å². The lowest BCUT2D eigenvalue weighted by Gasteiger charge is -2.19. The van der Waals surface area contributed by atoms with Crippen LogP contribution in [0, 0.1) is 0 Å². The zero-order valence-electron chi connectivity index (χ0n) is 15.9. The Kier molecular flexibility index (Phi) is 9.45. The van der Waals surface area contributed by atoms with Crippen LogP contribution in [0.2, 0.25) is 0 Å². The van der Waals surface area contributed by atoms with Gasteiger partial charge in [0.25, 0.3) is 11.8 Å². The minimum atomic E-state index is -0.537. The van der Waals surface area contributed by atoms with Gasteiger partial charge in [0.2, 0.25) is 5.91 Å². The van der Waals surface area contributed by atoms with Gasteiger partial charge in [0.15, 0.2) is 0 Å². The van der Waals surface area contributed by atoms with Crippen LogP contribution in [0.5, 0.6) is 0 Å². The Bertz CT molecular complexity index is 551. The average molecular weight is 385 g/mol. The summed E-state index contributed by atoms with van der Waals surface area (Å²) in [6.45, 7) is 6.88. The molecule has 0 unspecified atom stereocenters. The molecule has 0 saturated heterocycles. The molecule has 1 heterocycles. The van der Waals surface area contributed by atoms with Gasteiger partial charge in [-0.1, -0.05) is 0 Å². The molecule has 1 rings (SSSR count). The standard InChI is InChI=1S/C17H27N3O7/c1-17(2,3)27-16(24)19-7-9-26-11-10-25-8-6-18-13(21)12-20-14(22)4-5-15(20)23/h4-5H,6-12H2,1-3H3,(H,18,21)(H,19,24). The number of imide groups is 1. The van der Waals surface area contributed by atoms with Gasteiger partial charge in [-0.05, 0) is 20.8 Å². The second-order valence-electron chi connectivity index (χ2n) is 6.60. The quantitative estimate of drug-likeness (QED) is 0.366. The summed E-state index contributed by atoms with van der Waals surface area (Å²) in [5.74, 6) is -1.43. The lowest BCUT2D eigenvalue weighted by atomic mass is 10.2. The van der Waals surface area contributed by atoms with E-state index < -0.39 is 29.4 Å². The summed E-state index contributed by atoms with van der Waals surface area (Å²) in [4.78, 5) is 46.5. The molecule has 0 radical (unpaired) electrons. The van der Waals surface area contributed by atoms with Gasteiger partial charge < -0.3 is 24.8 Å². The monoisotopic (exact) mass is 385 g/mol. The minimum Gasteiger partial charge on any atom is -0.444 e. The number of ether oxygens (including phenoxy) is 3. The third-order valence-electron chi connectivity index (χ3n) is 3.06. The number of nitrogens with zero attached hydrogens (tertiary/aromatic N) is 1. The first-order valence-corrected chi connectivity index (χ1v) is 8.61. The number of carbonyl (C=O) groups excluding carboxylic acids is 4. The number of carbonyl (C=O) groups is 4. The van der Waals surface area contributed by atoms with Crippen LogP contribution in [0.1, 0.15) is 20.8 Å². The van der Waals surface area contributed by atoms with Gasteiger partial charge in [-0.3, -0.25) is 19.3 Å². The van der Waals surface area contributed by atoms with Crippen molar-refractivity contribution in [2.24, 2.45) is 0 Å². The molecule has 0 spiro atoms. The summed E-state index contributed by atoms with van der Waals surface area (Å²) >= 11 is 0. The molecule has 10 nitrogen and oxygen atoms in total. The molecule has 0 aliphatic carbocycles. The van der Waals surface area contributed by atoms with Gasteiger partial charge in [-0.2, -0.15) is 0 Å². The number of hydrogen-bond donors (Lipinski definition) is 2. The molecule has 0 fully saturated rings. The maximum Gasteiger partial charge on any atom is 0.407 e. The van der Waals surface area contributed by atoms with Gasteiger partial charge >= 0.3 is 6.09 Å². The van der Waals surface area contributed by atoms with E-state index >= 15 is 0 Å². The second-order valence-corrected chi connectivity index (χ2v) is 6.60. The zero-order chi connectivity index (χ0) is 20.3. The first kappa shape index (κ1) is 22.6. The summed E-state index contributed by atoms with van der Waals surface area (Å²) in [7, 11) is 0.